The summed E-state index contributed by atoms with van der Waals surface area (Å²) in [6.07, 6.45) is 0.165. The van der Waals surface area contributed by atoms with Crippen molar-refractivity contribution in [2.45, 2.75) is 40.5 Å². The molecule has 3 rings (SSSR count). The number of halogens is 2. The molecule has 0 radical (unpaired) electrons. The van der Waals surface area contributed by atoms with Crippen LogP contribution in [0.5, 0.6) is 0 Å². The van der Waals surface area contributed by atoms with E-state index < -0.39 is 23.6 Å². The van der Waals surface area contributed by atoms with Gasteiger partial charge in [0, 0.05) is 21.8 Å². The summed E-state index contributed by atoms with van der Waals surface area (Å²) in [4.78, 5) is 55.7. The van der Waals surface area contributed by atoms with Gasteiger partial charge in [-0.25, -0.2) is 9.80 Å². The molecular formula is C28H26Br2N2O4. The zero-order valence-electron chi connectivity index (χ0n) is 20.5. The van der Waals surface area contributed by atoms with E-state index in [1.165, 1.54) is 12.1 Å². The molecule has 0 heterocycles. The van der Waals surface area contributed by atoms with Gasteiger partial charge >= 0.3 is 0 Å². The molecule has 0 aliphatic rings. The van der Waals surface area contributed by atoms with Crippen molar-refractivity contribution in [1.82, 2.24) is 0 Å². The molecule has 6 nitrogen and oxygen atoms in total. The average Bonchev–Trinajstić information content (AvgIpc) is 2.86. The predicted octanol–water partition coefficient (Wildman–Crippen LogP) is 7.00. The number of hydrogen-bond acceptors (Lipinski definition) is 4. The number of imide groups is 2. The molecule has 186 valence electrons. The Hall–Kier alpha value is -3.10. The molecule has 0 aromatic heterocycles. The zero-order valence-corrected chi connectivity index (χ0v) is 23.6. The molecule has 0 saturated heterocycles. The molecule has 0 fully saturated rings. The Bertz CT molecular complexity index is 1250. The molecule has 0 atom stereocenters. The van der Waals surface area contributed by atoms with Gasteiger partial charge < -0.3 is 0 Å². The summed E-state index contributed by atoms with van der Waals surface area (Å²) in [5, 5.41) is 0. The third-order valence-electron chi connectivity index (χ3n) is 5.59. The van der Waals surface area contributed by atoms with Crippen molar-refractivity contribution in [3.63, 3.8) is 0 Å². The van der Waals surface area contributed by atoms with E-state index in [2.05, 4.69) is 31.9 Å². The van der Waals surface area contributed by atoms with Crippen LogP contribution in [0.25, 0.3) is 0 Å². The second-order valence-electron chi connectivity index (χ2n) is 8.23. The van der Waals surface area contributed by atoms with Crippen molar-refractivity contribution in [3.8, 4) is 0 Å². The van der Waals surface area contributed by atoms with Crippen LogP contribution in [0.2, 0.25) is 0 Å². The van der Waals surface area contributed by atoms with E-state index in [4.69, 9.17) is 0 Å². The molecule has 36 heavy (non-hydrogen) atoms. The molecule has 8 heteroatoms. The van der Waals surface area contributed by atoms with Gasteiger partial charge in [-0.3, -0.25) is 19.2 Å². The molecule has 0 bridgehead atoms. The molecule has 0 aliphatic heterocycles. The Morgan fingerprint density at radius 3 is 1.31 bits per heavy atom. The van der Waals surface area contributed by atoms with Crippen LogP contribution in [0.3, 0.4) is 0 Å². The highest BCUT2D eigenvalue weighted by molar-refractivity contribution is 9.11. The van der Waals surface area contributed by atoms with Crippen molar-refractivity contribution in [3.05, 3.63) is 91.9 Å². The van der Waals surface area contributed by atoms with Crippen LogP contribution in [0.4, 0.5) is 11.4 Å². The lowest BCUT2D eigenvalue weighted by atomic mass is 10.0. The summed E-state index contributed by atoms with van der Waals surface area (Å²) in [6, 6.07) is 16.8. The number of carbonyl (C=O) groups excluding carboxylic acids is 4. The van der Waals surface area contributed by atoms with Crippen LogP contribution in [0.15, 0.2) is 69.6 Å². The number of amides is 4. The van der Waals surface area contributed by atoms with Crippen molar-refractivity contribution < 1.29 is 19.2 Å². The van der Waals surface area contributed by atoms with E-state index in [0.717, 1.165) is 20.9 Å². The van der Waals surface area contributed by atoms with Crippen molar-refractivity contribution >= 4 is 66.9 Å². The first-order chi connectivity index (χ1) is 17.1. The van der Waals surface area contributed by atoms with Gasteiger partial charge in [0.05, 0.1) is 22.5 Å². The molecule has 0 spiro atoms. The van der Waals surface area contributed by atoms with E-state index in [0.29, 0.717) is 20.3 Å². The molecule has 0 saturated carbocycles. The zero-order chi connectivity index (χ0) is 26.6. The van der Waals surface area contributed by atoms with Gasteiger partial charge in [-0.05, 0) is 93.2 Å². The lowest BCUT2D eigenvalue weighted by molar-refractivity contribution is -0.118. The van der Waals surface area contributed by atoms with Crippen molar-refractivity contribution in [2.24, 2.45) is 0 Å². The SMILES string of the molecule is CCC(=O)N(C(=O)c1ccccc1C(=O)N(C(=O)CC)c1ccc(C)cc1Br)c1ccc(C)cc1Br. The Labute approximate surface area is 227 Å². The summed E-state index contributed by atoms with van der Waals surface area (Å²) >= 11 is 6.92. The van der Waals surface area contributed by atoms with E-state index in [-0.39, 0.29) is 24.0 Å². The number of aryl methyl sites for hydroxylation is 2. The largest absolute Gasteiger partial charge is 0.274 e. The summed E-state index contributed by atoms with van der Waals surface area (Å²) in [7, 11) is 0. The average molecular weight is 614 g/mol. The molecule has 3 aromatic carbocycles. The van der Waals surface area contributed by atoms with Crippen LogP contribution < -0.4 is 9.80 Å². The Morgan fingerprint density at radius 1 is 0.639 bits per heavy atom. The highest BCUT2D eigenvalue weighted by Crippen LogP contribution is 2.32. The van der Waals surface area contributed by atoms with Gasteiger partial charge in [0.1, 0.15) is 0 Å². The van der Waals surface area contributed by atoms with E-state index in [9.17, 15) is 19.2 Å². The molecule has 0 unspecified atom stereocenters. The second kappa shape index (κ2) is 11.8. The van der Waals surface area contributed by atoms with Gasteiger partial charge in [0.2, 0.25) is 11.8 Å². The van der Waals surface area contributed by atoms with E-state index in [1.54, 1.807) is 50.2 Å². The Kier molecular flexibility index (Phi) is 8.98. The maximum absolute atomic E-state index is 13.8. The maximum atomic E-state index is 13.8. The fraction of sp³-hybridized carbons (Fsp3) is 0.214. The van der Waals surface area contributed by atoms with Crippen LogP contribution >= 0.6 is 31.9 Å². The van der Waals surface area contributed by atoms with Crippen LogP contribution in [-0.2, 0) is 9.59 Å². The fourth-order valence-electron chi connectivity index (χ4n) is 3.71. The highest BCUT2D eigenvalue weighted by Gasteiger charge is 2.32. The predicted molar refractivity (Wildman–Crippen MR) is 148 cm³/mol. The first kappa shape index (κ1) is 27.5. The van der Waals surface area contributed by atoms with Crippen LogP contribution in [0.1, 0.15) is 58.5 Å². The number of nitrogens with zero attached hydrogens (tertiary/aromatic N) is 2. The van der Waals surface area contributed by atoms with Gasteiger partial charge in [-0.2, -0.15) is 0 Å². The van der Waals surface area contributed by atoms with Crippen molar-refractivity contribution in [1.29, 1.82) is 0 Å². The third-order valence-corrected chi connectivity index (χ3v) is 6.86. The minimum atomic E-state index is -0.651. The number of benzene rings is 3. The van der Waals surface area contributed by atoms with Gasteiger partial charge in [-0.15, -0.1) is 0 Å². The second-order valence-corrected chi connectivity index (χ2v) is 9.94. The monoisotopic (exact) mass is 612 g/mol. The molecule has 0 aliphatic carbocycles. The lowest BCUT2D eigenvalue weighted by Gasteiger charge is -2.25. The topological polar surface area (TPSA) is 74.8 Å². The molecule has 4 amide bonds. The molecule has 0 N–H and O–H groups in total. The van der Waals surface area contributed by atoms with E-state index >= 15 is 0 Å². The molecular weight excluding hydrogens is 588 g/mol. The minimum absolute atomic E-state index is 0.0221. The van der Waals surface area contributed by atoms with Gasteiger partial charge in [0.25, 0.3) is 11.8 Å². The van der Waals surface area contributed by atoms with Gasteiger partial charge in [0.15, 0.2) is 0 Å². The minimum Gasteiger partial charge on any atom is -0.274 e. The molecule has 3 aromatic rings. The summed E-state index contributed by atoms with van der Waals surface area (Å²) in [5.74, 6) is -2.14. The number of hydrogen-bond donors (Lipinski definition) is 0. The van der Waals surface area contributed by atoms with Crippen LogP contribution in [-0.4, -0.2) is 23.6 Å². The Balaban J connectivity index is 2.15. The standard InChI is InChI=1S/C28H26Br2N2O4/c1-5-25(33)31(23-13-11-17(3)15-21(23)29)27(35)19-9-7-8-10-20(19)28(36)32(26(34)6-2)24-14-12-18(4)16-22(24)30/h7-16H,5-6H2,1-4H3. The first-order valence-electron chi connectivity index (χ1n) is 11.5. The smallest absolute Gasteiger partial charge is 0.265 e. The van der Waals surface area contributed by atoms with Crippen molar-refractivity contribution in [2.75, 3.05) is 9.80 Å². The normalized spacial score (nSPS) is 10.6. The maximum Gasteiger partial charge on any atom is 0.265 e. The third kappa shape index (κ3) is 5.65. The highest BCUT2D eigenvalue weighted by atomic mass is 79.9. The number of anilines is 2. The summed E-state index contributed by atoms with van der Waals surface area (Å²) in [6.45, 7) is 7.13. The summed E-state index contributed by atoms with van der Waals surface area (Å²) in [5.41, 5.74) is 2.71. The fourth-order valence-corrected chi connectivity index (χ4v) is 5.05. The Morgan fingerprint density at radius 2 is 1.00 bits per heavy atom. The first-order valence-corrected chi connectivity index (χ1v) is 13.0. The van der Waals surface area contributed by atoms with E-state index in [1.807, 2.05) is 26.0 Å². The number of rotatable bonds is 6. The van der Waals surface area contributed by atoms with Crippen LogP contribution in [0, 0.1) is 13.8 Å². The lowest BCUT2D eigenvalue weighted by Crippen LogP contribution is -2.40. The quantitative estimate of drug-likeness (QED) is 0.300. The summed E-state index contributed by atoms with van der Waals surface area (Å²) < 4.78 is 1.15. The number of carbonyl (C=O) groups is 4. The van der Waals surface area contributed by atoms with Gasteiger partial charge in [-0.1, -0.05) is 38.1 Å².